The third-order valence-electron chi connectivity index (χ3n) is 4.57. The van der Waals surface area contributed by atoms with Crippen molar-refractivity contribution in [2.24, 2.45) is 4.99 Å². The van der Waals surface area contributed by atoms with Crippen molar-refractivity contribution in [3.05, 3.63) is 65.0 Å². The molecule has 1 aliphatic heterocycles. The Morgan fingerprint density at radius 3 is 2.85 bits per heavy atom. The minimum atomic E-state index is 0.0749. The first-order chi connectivity index (χ1) is 12.7. The number of morpholine rings is 1. The van der Waals surface area contributed by atoms with Gasteiger partial charge in [0.15, 0.2) is 5.96 Å². The summed E-state index contributed by atoms with van der Waals surface area (Å²) in [6, 6.07) is 14.5. The number of aliphatic imine (C=N–C) groups is 1. The van der Waals surface area contributed by atoms with Crippen LogP contribution in [0.25, 0.3) is 0 Å². The summed E-state index contributed by atoms with van der Waals surface area (Å²) in [5.74, 6) is 0.928. The predicted octanol–water partition coefficient (Wildman–Crippen LogP) is 3.24. The average molecular weight is 352 g/mol. The molecular formula is C21H28N4O. The summed E-state index contributed by atoms with van der Waals surface area (Å²) >= 11 is 0. The van der Waals surface area contributed by atoms with Crippen molar-refractivity contribution >= 4 is 5.96 Å². The van der Waals surface area contributed by atoms with E-state index in [9.17, 15) is 0 Å². The van der Waals surface area contributed by atoms with Gasteiger partial charge in [-0.05, 0) is 44.0 Å². The minimum absolute atomic E-state index is 0.0749. The third-order valence-corrected chi connectivity index (χ3v) is 4.57. The Bertz CT molecular complexity index is 759. The standard InChI is InChI=1S/C21H28N4O/c1-4-22-21(23-14-18-10-7-9-17(3)24-18)25-12-13-26-20(15-25)19-11-6-5-8-16(19)2/h5-11,20H,4,12-15H2,1-3H3,(H,22,23). The first kappa shape index (κ1) is 18.4. The second-order valence-electron chi connectivity index (χ2n) is 6.60. The van der Waals surface area contributed by atoms with Gasteiger partial charge in [-0.15, -0.1) is 0 Å². The Morgan fingerprint density at radius 2 is 2.08 bits per heavy atom. The maximum Gasteiger partial charge on any atom is 0.194 e. The number of hydrogen-bond donors (Lipinski definition) is 1. The third kappa shape index (κ3) is 4.61. The van der Waals surface area contributed by atoms with Crippen LogP contribution in [0.15, 0.2) is 47.5 Å². The highest BCUT2D eigenvalue weighted by Gasteiger charge is 2.25. The Kier molecular flexibility index (Phi) is 6.23. The van der Waals surface area contributed by atoms with Gasteiger partial charge >= 0.3 is 0 Å². The van der Waals surface area contributed by atoms with Gasteiger partial charge < -0.3 is 15.0 Å². The molecule has 3 rings (SSSR count). The van der Waals surface area contributed by atoms with Crippen LogP contribution in [0, 0.1) is 13.8 Å². The molecule has 1 aromatic carbocycles. The number of nitrogens with one attached hydrogen (secondary N) is 1. The molecule has 0 radical (unpaired) electrons. The molecule has 5 heteroatoms. The molecule has 5 nitrogen and oxygen atoms in total. The summed E-state index contributed by atoms with van der Waals surface area (Å²) in [5.41, 5.74) is 4.54. The first-order valence-electron chi connectivity index (χ1n) is 9.30. The van der Waals surface area contributed by atoms with E-state index in [4.69, 9.17) is 9.73 Å². The maximum atomic E-state index is 6.05. The van der Waals surface area contributed by atoms with Gasteiger partial charge in [0.05, 0.1) is 25.4 Å². The number of ether oxygens (including phenoxy) is 1. The van der Waals surface area contributed by atoms with Gasteiger partial charge in [0.25, 0.3) is 0 Å². The molecule has 1 unspecified atom stereocenters. The van der Waals surface area contributed by atoms with Gasteiger partial charge in [-0.2, -0.15) is 0 Å². The van der Waals surface area contributed by atoms with Crippen LogP contribution < -0.4 is 5.32 Å². The molecule has 2 aromatic rings. The van der Waals surface area contributed by atoms with Crippen molar-refractivity contribution in [1.29, 1.82) is 0 Å². The molecule has 0 spiro atoms. The molecule has 0 saturated carbocycles. The highest BCUT2D eigenvalue weighted by molar-refractivity contribution is 5.80. The van der Waals surface area contributed by atoms with Crippen LogP contribution in [0.1, 0.15) is 35.5 Å². The smallest absolute Gasteiger partial charge is 0.194 e. The van der Waals surface area contributed by atoms with E-state index >= 15 is 0 Å². The Balaban J connectivity index is 1.74. The van der Waals surface area contributed by atoms with Crippen molar-refractivity contribution < 1.29 is 4.74 Å². The summed E-state index contributed by atoms with van der Waals surface area (Å²) < 4.78 is 6.05. The number of guanidine groups is 1. The molecule has 138 valence electrons. The topological polar surface area (TPSA) is 49.8 Å². The molecule has 26 heavy (non-hydrogen) atoms. The van der Waals surface area contributed by atoms with Gasteiger partial charge in [-0.25, -0.2) is 4.99 Å². The second kappa shape index (κ2) is 8.81. The van der Waals surface area contributed by atoms with E-state index in [1.54, 1.807) is 0 Å². The van der Waals surface area contributed by atoms with Gasteiger partial charge in [-0.3, -0.25) is 4.98 Å². The Labute approximate surface area is 156 Å². The molecule has 1 atom stereocenters. The number of rotatable bonds is 4. The molecule has 0 aliphatic carbocycles. The van der Waals surface area contributed by atoms with Crippen molar-refractivity contribution in [2.45, 2.75) is 33.4 Å². The number of pyridine rings is 1. The Morgan fingerprint density at radius 1 is 1.23 bits per heavy atom. The van der Waals surface area contributed by atoms with E-state index in [1.807, 2.05) is 25.1 Å². The molecule has 1 saturated heterocycles. The first-order valence-corrected chi connectivity index (χ1v) is 9.30. The van der Waals surface area contributed by atoms with Crippen molar-refractivity contribution in [3.63, 3.8) is 0 Å². The lowest BCUT2D eigenvalue weighted by Gasteiger charge is -2.35. The van der Waals surface area contributed by atoms with E-state index < -0.39 is 0 Å². The fourth-order valence-corrected chi connectivity index (χ4v) is 3.25. The molecule has 0 bridgehead atoms. The number of aryl methyl sites for hydroxylation is 2. The van der Waals surface area contributed by atoms with Crippen LogP contribution in [0.4, 0.5) is 0 Å². The normalized spacial score (nSPS) is 18.0. The van der Waals surface area contributed by atoms with Crippen molar-refractivity contribution in [1.82, 2.24) is 15.2 Å². The predicted molar refractivity (Wildman–Crippen MR) is 105 cm³/mol. The molecule has 2 heterocycles. The van der Waals surface area contributed by atoms with E-state index in [0.717, 1.165) is 37.0 Å². The number of benzene rings is 1. The SMILES string of the molecule is CCNC(=NCc1cccc(C)n1)N1CCOC(c2ccccc2C)C1. The number of aromatic nitrogens is 1. The summed E-state index contributed by atoms with van der Waals surface area (Å²) in [6.45, 7) is 10.0. The van der Waals surface area contributed by atoms with Crippen LogP contribution in [-0.4, -0.2) is 42.1 Å². The number of hydrogen-bond acceptors (Lipinski definition) is 3. The molecular weight excluding hydrogens is 324 g/mol. The zero-order valence-corrected chi connectivity index (χ0v) is 15.9. The molecule has 0 amide bonds. The zero-order chi connectivity index (χ0) is 18.4. The molecule has 1 aliphatic rings. The second-order valence-corrected chi connectivity index (χ2v) is 6.60. The lowest BCUT2D eigenvalue weighted by atomic mass is 10.0. The van der Waals surface area contributed by atoms with Crippen LogP contribution in [0.2, 0.25) is 0 Å². The fourth-order valence-electron chi connectivity index (χ4n) is 3.25. The maximum absolute atomic E-state index is 6.05. The molecule has 1 aromatic heterocycles. The van der Waals surface area contributed by atoms with E-state index in [0.29, 0.717) is 13.2 Å². The van der Waals surface area contributed by atoms with Crippen LogP contribution in [-0.2, 0) is 11.3 Å². The Hall–Kier alpha value is -2.40. The van der Waals surface area contributed by atoms with Crippen molar-refractivity contribution in [3.8, 4) is 0 Å². The van der Waals surface area contributed by atoms with E-state index in [2.05, 4.69) is 53.3 Å². The van der Waals surface area contributed by atoms with Gasteiger partial charge in [-0.1, -0.05) is 30.3 Å². The average Bonchev–Trinajstić information content (AvgIpc) is 2.66. The molecule has 1 fully saturated rings. The highest BCUT2D eigenvalue weighted by Crippen LogP contribution is 2.25. The lowest BCUT2D eigenvalue weighted by Crippen LogP contribution is -2.48. The van der Waals surface area contributed by atoms with E-state index in [-0.39, 0.29) is 6.10 Å². The lowest BCUT2D eigenvalue weighted by molar-refractivity contribution is -0.00834. The van der Waals surface area contributed by atoms with Crippen LogP contribution >= 0.6 is 0 Å². The minimum Gasteiger partial charge on any atom is -0.370 e. The monoisotopic (exact) mass is 352 g/mol. The largest absolute Gasteiger partial charge is 0.370 e. The number of nitrogens with zero attached hydrogens (tertiary/aromatic N) is 3. The summed E-state index contributed by atoms with van der Waals surface area (Å²) in [4.78, 5) is 11.7. The van der Waals surface area contributed by atoms with E-state index in [1.165, 1.54) is 11.1 Å². The highest BCUT2D eigenvalue weighted by atomic mass is 16.5. The summed E-state index contributed by atoms with van der Waals surface area (Å²) in [5, 5.41) is 3.42. The van der Waals surface area contributed by atoms with Gasteiger partial charge in [0.1, 0.15) is 6.10 Å². The zero-order valence-electron chi connectivity index (χ0n) is 15.9. The quantitative estimate of drug-likeness (QED) is 0.678. The molecule has 1 N–H and O–H groups in total. The summed E-state index contributed by atoms with van der Waals surface area (Å²) in [6.07, 6.45) is 0.0749. The van der Waals surface area contributed by atoms with Gasteiger partial charge in [0.2, 0.25) is 0 Å². The van der Waals surface area contributed by atoms with Crippen molar-refractivity contribution in [2.75, 3.05) is 26.2 Å². The van der Waals surface area contributed by atoms with Crippen LogP contribution in [0.3, 0.4) is 0 Å². The summed E-state index contributed by atoms with van der Waals surface area (Å²) in [7, 11) is 0. The van der Waals surface area contributed by atoms with Crippen LogP contribution in [0.5, 0.6) is 0 Å². The fraction of sp³-hybridized carbons (Fsp3) is 0.429. The van der Waals surface area contributed by atoms with Gasteiger partial charge in [0, 0.05) is 18.8 Å².